The Kier molecular flexibility index (Phi) is 3.28. The normalized spacial score (nSPS) is 29.4. The Balaban J connectivity index is 2.56. The minimum Gasteiger partial charge on any atom is -0.379 e. The minimum absolute atomic E-state index is 0.0252. The van der Waals surface area contributed by atoms with Crippen LogP contribution in [-0.4, -0.2) is 39.5 Å². The summed E-state index contributed by atoms with van der Waals surface area (Å²) in [6.07, 6.45) is 0.719. The van der Waals surface area contributed by atoms with Crippen molar-refractivity contribution in [2.24, 2.45) is 5.73 Å². The third-order valence-electron chi connectivity index (χ3n) is 2.01. The lowest BCUT2D eigenvalue weighted by Gasteiger charge is -2.22. The molecule has 5 nitrogen and oxygen atoms in total. The van der Waals surface area contributed by atoms with Gasteiger partial charge in [0.1, 0.15) is 0 Å². The van der Waals surface area contributed by atoms with Crippen molar-refractivity contribution in [1.82, 2.24) is 4.72 Å². The van der Waals surface area contributed by atoms with Crippen molar-refractivity contribution in [2.75, 3.05) is 25.5 Å². The summed E-state index contributed by atoms with van der Waals surface area (Å²) in [4.78, 5) is 0. The Labute approximate surface area is 78.7 Å². The topological polar surface area (TPSA) is 81.4 Å². The number of nitrogens with two attached hydrogens (primary N) is 1. The molecule has 1 saturated heterocycles. The van der Waals surface area contributed by atoms with Crippen LogP contribution < -0.4 is 10.5 Å². The van der Waals surface area contributed by atoms with Gasteiger partial charge in [-0.3, -0.25) is 0 Å². The average Bonchev–Trinajstić information content (AvgIpc) is 2.33. The fraction of sp³-hybridized carbons (Fsp3) is 1.00. The van der Waals surface area contributed by atoms with Crippen LogP contribution in [0.15, 0.2) is 0 Å². The molecular formula is C7H16N2O3S. The molecule has 1 fully saturated rings. The Morgan fingerprint density at radius 2 is 2.31 bits per heavy atom. The highest BCUT2D eigenvalue weighted by Crippen LogP contribution is 2.18. The van der Waals surface area contributed by atoms with E-state index in [4.69, 9.17) is 10.5 Å². The minimum atomic E-state index is -3.23. The zero-order chi connectivity index (χ0) is 9.95. The van der Waals surface area contributed by atoms with Crippen molar-refractivity contribution in [3.8, 4) is 0 Å². The van der Waals surface area contributed by atoms with Crippen LogP contribution in [0.25, 0.3) is 0 Å². The number of sulfonamides is 1. The Morgan fingerprint density at radius 3 is 2.77 bits per heavy atom. The van der Waals surface area contributed by atoms with Crippen molar-refractivity contribution in [3.05, 3.63) is 0 Å². The molecule has 6 heteroatoms. The van der Waals surface area contributed by atoms with E-state index in [-0.39, 0.29) is 12.3 Å². The first kappa shape index (κ1) is 10.9. The first-order chi connectivity index (χ1) is 5.97. The van der Waals surface area contributed by atoms with Crippen LogP contribution in [0.1, 0.15) is 13.3 Å². The largest absolute Gasteiger partial charge is 0.379 e. The third kappa shape index (κ3) is 3.22. The molecule has 0 aromatic rings. The van der Waals surface area contributed by atoms with Crippen LogP contribution in [0.2, 0.25) is 0 Å². The van der Waals surface area contributed by atoms with E-state index < -0.39 is 15.6 Å². The SMILES string of the molecule is CC1(NS(=O)(=O)CCN)CCOC1. The Morgan fingerprint density at radius 1 is 1.62 bits per heavy atom. The highest BCUT2D eigenvalue weighted by atomic mass is 32.2. The smallest absolute Gasteiger partial charge is 0.213 e. The van der Waals surface area contributed by atoms with Crippen molar-refractivity contribution in [2.45, 2.75) is 18.9 Å². The maximum Gasteiger partial charge on any atom is 0.213 e. The van der Waals surface area contributed by atoms with E-state index in [9.17, 15) is 8.42 Å². The van der Waals surface area contributed by atoms with Crippen molar-refractivity contribution in [3.63, 3.8) is 0 Å². The van der Waals surface area contributed by atoms with Crippen molar-refractivity contribution in [1.29, 1.82) is 0 Å². The molecule has 3 N–H and O–H groups in total. The summed E-state index contributed by atoms with van der Waals surface area (Å²) in [5.74, 6) is -0.0252. The molecule has 0 aromatic carbocycles. The van der Waals surface area contributed by atoms with Crippen LogP contribution in [0, 0.1) is 0 Å². The van der Waals surface area contributed by atoms with Gasteiger partial charge in [-0.15, -0.1) is 0 Å². The lowest BCUT2D eigenvalue weighted by Crippen LogP contribution is -2.47. The second kappa shape index (κ2) is 3.91. The van der Waals surface area contributed by atoms with E-state index in [0.29, 0.717) is 13.2 Å². The van der Waals surface area contributed by atoms with Crippen LogP contribution in [0.5, 0.6) is 0 Å². The molecule has 78 valence electrons. The summed E-state index contributed by atoms with van der Waals surface area (Å²) < 4.78 is 30.4. The first-order valence-corrected chi connectivity index (χ1v) is 5.92. The molecule has 0 saturated carbocycles. The molecule has 1 rings (SSSR count). The van der Waals surface area contributed by atoms with Gasteiger partial charge in [0.25, 0.3) is 0 Å². The van der Waals surface area contributed by atoms with Gasteiger partial charge in [-0.1, -0.05) is 0 Å². The molecule has 0 aliphatic carbocycles. The van der Waals surface area contributed by atoms with E-state index >= 15 is 0 Å². The van der Waals surface area contributed by atoms with Crippen molar-refractivity contribution >= 4 is 10.0 Å². The molecule has 1 unspecified atom stereocenters. The van der Waals surface area contributed by atoms with Gasteiger partial charge in [-0.2, -0.15) is 0 Å². The van der Waals surface area contributed by atoms with Gasteiger partial charge < -0.3 is 10.5 Å². The lowest BCUT2D eigenvalue weighted by molar-refractivity contribution is 0.178. The number of hydrogen-bond donors (Lipinski definition) is 2. The molecule has 1 aliphatic rings. The van der Waals surface area contributed by atoms with Gasteiger partial charge in [0.05, 0.1) is 17.9 Å². The summed E-state index contributed by atoms with van der Waals surface area (Å²) in [5, 5.41) is 0. The highest BCUT2D eigenvalue weighted by Gasteiger charge is 2.33. The fourth-order valence-corrected chi connectivity index (χ4v) is 2.65. The van der Waals surface area contributed by atoms with Crippen LogP contribution in [0.3, 0.4) is 0 Å². The van der Waals surface area contributed by atoms with Gasteiger partial charge >= 0.3 is 0 Å². The number of rotatable bonds is 4. The molecule has 0 spiro atoms. The molecule has 0 radical (unpaired) electrons. The molecule has 0 aromatic heterocycles. The van der Waals surface area contributed by atoms with E-state index in [2.05, 4.69) is 4.72 Å². The second-order valence-corrected chi connectivity index (χ2v) is 5.41. The molecule has 1 atom stereocenters. The predicted octanol–water partition coefficient (Wildman–Crippen LogP) is -0.956. The number of hydrogen-bond acceptors (Lipinski definition) is 4. The predicted molar refractivity (Wildman–Crippen MR) is 49.8 cm³/mol. The van der Waals surface area contributed by atoms with Gasteiger partial charge in [0, 0.05) is 13.2 Å². The van der Waals surface area contributed by atoms with E-state index in [0.717, 1.165) is 6.42 Å². The van der Waals surface area contributed by atoms with Crippen LogP contribution >= 0.6 is 0 Å². The van der Waals surface area contributed by atoms with Gasteiger partial charge in [0.2, 0.25) is 10.0 Å². The quantitative estimate of drug-likeness (QED) is 0.623. The summed E-state index contributed by atoms with van der Waals surface area (Å²) in [5.41, 5.74) is 4.75. The van der Waals surface area contributed by atoms with Crippen LogP contribution in [0.4, 0.5) is 0 Å². The van der Waals surface area contributed by atoms with Crippen LogP contribution in [-0.2, 0) is 14.8 Å². The van der Waals surface area contributed by atoms with Crippen molar-refractivity contribution < 1.29 is 13.2 Å². The van der Waals surface area contributed by atoms with E-state index in [1.165, 1.54) is 0 Å². The molecule has 13 heavy (non-hydrogen) atoms. The molecule has 1 heterocycles. The summed E-state index contributed by atoms with van der Waals surface area (Å²) >= 11 is 0. The standard InChI is InChI=1S/C7H16N2O3S/c1-7(2-4-12-6-7)9-13(10,11)5-3-8/h9H,2-6,8H2,1H3. The first-order valence-electron chi connectivity index (χ1n) is 4.27. The van der Waals surface area contributed by atoms with Gasteiger partial charge in [-0.25, -0.2) is 13.1 Å². The monoisotopic (exact) mass is 208 g/mol. The summed E-state index contributed by atoms with van der Waals surface area (Å²) in [6.45, 7) is 3.04. The average molecular weight is 208 g/mol. The summed E-state index contributed by atoms with van der Waals surface area (Å²) in [6, 6.07) is 0. The Bertz CT molecular complexity index is 257. The molecule has 0 amide bonds. The number of ether oxygens (including phenoxy) is 1. The zero-order valence-corrected chi connectivity index (χ0v) is 8.56. The molecule has 1 aliphatic heterocycles. The van der Waals surface area contributed by atoms with E-state index in [1.54, 1.807) is 0 Å². The fourth-order valence-electron chi connectivity index (χ4n) is 1.33. The maximum absolute atomic E-state index is 11.3. The highest BCUT2D eigenvalue weighted by molar-refractivity contribution is 7.89. The molecule has 0 bridgehead atoms. The number of nitrogens with one attached hydrogen (secondary N) is 1. The lowest BCUT2D eigenvalue weighted by atomic mass is 10.0. The molecular weight excluding hydrogens is 192 g/mol. The zero-order valence-electron chi connectivity index (χ0n) is 7.75. The van der Waals surface area contributed by atoms with E-state index in [1.807, 2.05) is 6.92 Å². The Hall–Kier alpha value is -0.170. The second-order valence-electron chi connectivity index (χ2n) is 3.57. The van der Waals surface area contributed by atoms with Gasteiger partial charge in [-0.05, 0) is 13.3 Å². The third-order valence-corrected chi connectivity index (χ3v) is 3.58. The maximum atomic E-state index is 11.3. The van der Waals surface area contributed by atoms with Gasteiger partial charge in [0.15, 0.2) is 0 Å². The summed E-state index contributed by atoms with van der Waals surface area (Å²) in [7, 11) is -3.23.